The van der Waals surface area contributed by atoms with Crippen molar-refractivity contribution in [3.63, 3.8) is 0 Å². The standard InChI is InChI=1S/C13H18O3/c1-13(2)15-9-11(16-13)12(14-3)10-7-5-4-6-8-10/h4-8,11-12H,9H2,1-3H3/t11-,12+/m1/s1. The van der Waals surface area contributed by atoms with Crippen LogP contribution in [0.1, 0.15) is 25.5 Å². The van der Waals surface area contributed by atoms with Crippen molar-refractivity contribution in [3.8, 4) is 0 Å². The van der Waals surface area contributed by atoms with Gasteiger partial charge in [0.1, 0.15) is 12.2 Å². The molecule has 16 heavy (non-hydrogen) atoms. The first-order chi connectivity index (χ1) is 7.62. The predicted molar refractivity (Wildman–Crippen MR) is 61.1 cm³/mol. The molecule has 1 aliphatic rings. The van der Waals surface area contributed by atoms with Crippen LogP contribution in [-0.4, -0.2) is 25.6 Å². The Bertz CT molecular complexity index is 334. The van der Waals surface area contributed by atoms with Crippen molar-refractivity contribution in [2.45, 2.75) is 31.8 Å². The molecule has 0 spiro atoms. The zero-order valence-electron chi connectivity index (χ0n) is 9.97. The Hall–Kier alpha value is -0.900. The Morgan fingerprint density at radius 1 is 1.31 bits per heavy atom. The topological polar surface area (TPSA) is 27.7 Å². The Morgan fingerprint density at radius 3 is 2.50 bits per heavy atom. The Kier molecular flexibility index (Phi) is 3.28. The molecule has 0 unspecified atom stereocenters. The molecule has 88 valence electrons. The average molecular weight is 222 g/mol. The van der Waals surface area contributed by atoms with E-state index in [2.05, 4.69) is 0 Å². The lowest BCUT2D eigenvalue weighted by Gasteiger charge is -2.23. The van der Waals surface area contributed by atoms with Crippen LogP contribution in [-0.2, 0) is 14.2 Å². The average Bonchev–Trinajstić information content (AvgIpc) is 2.62. The Balaban J connectivity index is 2.13. The van der Waals surface area contributed by atoms with E-state index in [0.717, 1.165) is 5.56 Å². The second-order valence-electron chi connectivity index (χ2n) is 4.43. The van der Waals surface area contributed by atoms with Crippen LogP contribution in [0.3, 0.4) is 0 Å². The van der Waals surface area contributed by atoms with Crippen LogP contribution in [0.4, 0.5) is 0 Å². The molecule has 1 fully saturated rings. The van der Waals surface area contributed by atoms with E-state index >= 15 is 0 Å². The van der Waals surface area contributed by atoms with Gasteiger partial charge in [0, 0.05) is 7.11 Å². The first kappa shape index (κ1) is 11.6. The number of benzene rings is 1. The first-order valence-corrected chi connectivity index (χ1v) is 5.52. The van der Waals surface area contributed by atoms with E-state index < -0.39 is 5.79 Å². The van der Waals surface area contributed by atoms with Crippen molar-refractivity contribution >= 4 is 0 Å². The van der Waals surface area contributed by atoms with E-state index in [-0.39, 0.29) is 12.2 Å². The summed E-state index contributed by atoms with van der Waals surface area (Å²) in [7, 11) is 1.70. The van der Waals surface area contributed by atoms with Gasteiger partial charge in [0.25, 0.3) is 0 Å². The van der Waals surface area contributed by atoms with Crippen LogP contribution in [0.15, 0.2) is 30.3 Å². The maximum atomic E-state index is 5.81. The molecule has 2 rings (SSSR count). The maximum Gasteiger partial charge on any atom is 0.163 e. The number of rotatable bonds is 3. The van der Waals surface area contributed by atoms with Crippen molar-refractivity contribution in [3.05, 3.63) is 35.9 Å². The lowest BCUT2D eigenvalue weighted by Crippen LogP contribution is -2.26. The highest BCUT2D eigenvalue weighted by atomic mass is 16.7. The smallest absolute Gasteiger partial charge is 0.163 e. The van der Waals surface area contributed by atoms with Gasteiger partial charge in [-0.2, -0.15) is 0 Å². The van der Waals surface area contributed by atoms with Crippen LogP contribution < -0.4 is 0 Å². The summed E-state index contributed by atoms with van der Waals surface area (Å²) < 4.78 is 16.9. The van der Waals surface area contributed by atoms with Gasteiger partial charge in [0.05, 0.1) is 6.61 Å². The van der Waals surface area contributed by atoms with Gasteiger partial charge in [-0.1, -0.05) is 30.3 Å². The highest BCUT2D eigenvalue weighted by molar-refractivity contribution is 5.19. The van der Waals surface area contributed by atoms with Gasteiger partial charge >= 0.3 is 0 Å². The molecule has 0 aromatic heterocycles. The predicted octanol–water partition coefficient (Wildman–Crippen LogP) is 2.53. The Labute approximate surface area is 96.3 Å². The van der Waals surface area contributed by atoms with Gasteiger partial charge in [0.2, 0.25) is 0 Å². The maximum absolute atomic E-state index is 5.81. The van der Waals surface area contributed by atoms with E-state index in [0.29, 0.717) is 6.61 Å². The van der Waals surface area contributed by atoms with Crippen LogP contribution >= 0.6 is 0 Å². The summed E-state index contributed by atoms with van der Waals surface area (Å²) in [4.78, 5) is 0. The minimum Gasteiger partial charge on any atom is -0.374 e. The molecule has 2 atom stereocenters. The molecule has 0 radical (unpaired) electrons. The van der Waals surface area contributed by atoms with E-state index in [1.54, 1.807) is 7.11 Å². The number of methoxy groups -OCH3 is 1. The van der Waals surface area contributed by atoms with Crippen molar-refractivity contribution in [1.29, 1.82) is 0 Å². The normalized spacial score (nSPS) is 25.6. The van der Waals surface area contributed by atoms with Gasteiger partial charge < -0.3 is 14.2 Å². The fourth-order valence-electron chi connectivity index (χ4n) is 2.01. The van der Waals surface area contributed by atoms with Crippen molar-refractivity contribution < 1.29 is 14.2 Å². The molecule has 3 nitrogen and oxygen atoms in total. The molecule has 0 amide bonds. The summed E-state index contributed by atoms with van der Waals surface area (Å²) in [5.41, 5.74) is 1.12. The molecule has 0 aliphatic carbocycles. The summed E-state index contributed by atoms with van der Waals surface area (Å²) in [5.74, 6) is -0.504. The van der Waals surface area contributed by atoms with Crippen LogP contribution in [0.2, 0.25) is 0 Å². The summed E-state index contributed by atoms with van der Waals surface area (Å²) in [6, 6.07) is 10.1. The monoisotopic (exact) mass is 222 g/mol. The van der Waals surface area contributed by atoms with Gasteiger partial charge in [-0.3, -0.25) is 0 Å². The van der Waals surface area contributed by atoms with Crippen molar-refractivity contribution in [2.24, 2.45) is 0 Å². The zero-order chi connectivity index (χ0) is 11.6. The molecule has 1 aliphatic heterocycles. The third kappa shape index (κ3) is 2.43. The number of ether oxygens (including phenoxy) is 3. The lowest BCUT2D eigenvalue weighted by atomic mass is 10.1. The third-order valence-electron chi connectivity index (χ3n) is 2.75. The Morgan fingerprint density at radius 2 is 2.00 bits per heavy atom. The van der Waals surface area contributed by atoms with Gasteiger partial charge in [-0.15, -0.1) is 0 Å². The molecule has 1 heterocycles. The zero-order valence-corrected chi connectivity index (χ0v) is 9.97. The summed E-state index contributed by atoms with van der Waals surface area (Å²) in [6.07, 6.45) is -0.106. The largest absolute Gasteiger partial charge is 0.374 e. The van der Waals surface area contributed by atoms with Crippen molar-refractivity contribution in [2.75, 3.05) is 13.7 Å². The summed E-state index contributed by atoms with van der Waals surface area (Å²) in [6.45, 7) is 4.41. The molecule has 1 aromatic rings. The molecule has 1 aromatic carbocycles. The number of hydrogen-bond donors (Lipinski definition) is 0. The van der Waals surface area contributed by atoms with Gasteiger partial charge in [0.15, 0.2) is 5.79 Å². The first-order valence-electron chi connectivity index (χ1n) is 5.52. The quantitative estimate of drug-likeness (QED) is 0.786. The molecule has 0 saturated carbocycles. The molecule has 0 bridgehead atoms. The number of hydrogen-bond acceptors (Lipinski definition) is 3. The van der Waals surface area contributed by atoms with E-state index in [9.17, 15) is 0 Å². The molecule has 0 N–H and O–H groups in total. The second kappa shape index (κ2) is 4.53. The molecule has 3 heteroatoms. The van der Waals surface area contributed by atoms with Crippen LogP contribution in [0.5, 0.6) is 0 Å². The third-order valence-corrected chi connectivity index (χ3v) is 2.75. The van der Waals surface area contributed by atoms with Crippen molar-refractivity contribution in [1.82, 2.24) is 0 Å². The van der Waals surface area contributed by atoms with E-state index in [4.69, 9.17) is 14.2 Å². The minimum absolute atomic E-state index is 0.0394. The minimum atomic E-state index is -0.504. The molecular formula is C13H18O3. The van der Waals surface area contributed by atoms with Gasteiger partial charge in [-0.05, 0) is 19.4 Å². The summed E-state index contributed by atoms with van der Waals surface area (Å²) in [5, 5.41) is 0. The summed E-state index contributed by atoms with van der Waals surface area (Å²) >= 11 is 0. The molecular weight excluding hydrogens is 204 g/mol. The SMILES string of the molecule is CO[C@@H](c1ccccc1)[C@H]1COC(C)(C)O1. The fourth-order valence-corrected chi connectivity index (χ4v) is 2.01. The van der Waals surface area contributed by atoms with Crippen LogP contribution in [0.25, 0.3) is 0 Å². The van der Waals surface area contributed by atoms with E-state index in [1.807, 2.05) is 44.2 Å². The van der Waals surface area contributed by atoms with E-state index in [1.165, 1.54) is 0 Å². The highest BCUT2D eigenvalue weighted by Crippen LogP contribution is 2.32. The lowest BCUT2D eigenvalue weighted by molar-refractivity contribution is -0.154. The molecule has 1 saturated heterocycles. The van der Waals surface area contributed by atoms with Crippen LogP contribution in [0, 0.1) is 0 Å². The highest BCUT2D eigenvalue weighted by Gasteiger charge is 2.38. The van der Waals surface area contributed by atoms with Gasteiger partial charge in [-0.25, -0.2) is 0 Å². The second-order valence-corrected chi connectivity index (χ2v) is 4.43. The fraction of sp³-hybridized carbons (Fsp3) is 0.538.